The number of hydrogen-bond acceptors (Lipinski definition) is 5. The van der Waals surface area contributed by atoms with E-state index in [1.807, 2.05) is 19.1 Å². The second kappa shape index (κ2) is 5.88. The van der Waals surface area contributed by atoms with Crippen LogP contribution in [0.5, 0.6) is 0 Å². The Kier molecular flexibility index (Phi) is 3.94. The molecule has 1 heterocycles. The normalized spacial score (nSPS) is 16.3. The van der Waals surface area contributed by atoms with Gasteiger partial charge in [-0.2, -0.15) is 8.42 Å². The Bertz CT molecular complexity index is 812. The summed E-state index contributed by atoms with van der Waals surface area (Å²) in [7, 11) is -3.89. The van der Waals surface area contributed by atoms with Crippen LogP contribution in [-0.4, -0.2) is 19.1 Å². The van der Waals surface area contributed by atoms with Gasteiger partial charge in [-0.15, -0.1) is 0 Å². The minimum atomic E-state index is -3.89. The van der Waals surface area contributed by atoms with Crippen LogP contribution in [0.25, 0.3) is 0 Å². The first-order chi connectivity index (χ1) is 10.6. The predicted octanol–water partition coefficient (Wildman–Crippen LogP) is 2.84. The van der Waals surface area contributed by atoms with Gasteiger partial charge in [-0.25, -0.2) is 0 Å². The number of pyridine rings is 1. The predicted molar refractivity (Wildman–Crippen MR) is 83.2 cm³/mol. The Morgan fingerprint density at radius 2 is 1.91 bits per heavy atom. The minimum absolute atomic E-state index is 0.102. The average Bonchev–Trinajstić information content (AvgIpc) is 2.53. The lowest BCUT2D eigenvalue weighted by atomic mass is 9.94. The van der Waals surface area contributed by atoms with Gasteiger partial charge in [0.15, 0.2) is 0 Å². The summed E-state index contributed by atoms with van der Waals surface area (Å²) < 4.78 is 29.2. The standard InChI is InChI=1S/C16H16N2O3S/c1-12-7-9-13(10-8-12)22(19,20)21-18-16-6-2-5-15-14(16)4-3-11-17-15/h3-4,7-11H,2,5-6H2,1H3. The minimum Gasteiger partial charge on any atom is -0.264 e. The topological polar surface area (TPSA) is 68.6 Å². The van der Waals surface area contributed by atoms with E-state index in [9.17, 15) is 8.42 Å². The number of rotatable bonds is 3. The van der Waals surface area contributed by atoms with Crippen molar-refractivity contribution in [3.05, 3.63) is 59.4 Å². The largest absolute Gasteiger partial charge is 0.358 e. The molecule has 0 N–H and O–H groups in total. The van der Waals surface area contributed by atoms with Crippen LogP contribution in [0.2, 0.25) is 0 Å². The number of fused-ring (bicyclic) bond motifs is 1. The third-order valence-electron chi connectivity index (χ3n) is 3.58. The molecule has 0 atom stereocenters. The molecule has 3 rings (SSSR count). The molecule has 5 nitrogen and oxygen atoms in total. The fourth-order valence-electron chi connectivity index (χ4n) is 2.39. The summed E-state index contributed by atoms with van der Waals surface area (Å²) in [5, 5.41) is 3.88. The monoisotopic (exact) mass is 316 g/mol. The molecule has 0 bridgehead atoms. The average molecular weight is 316 g/mol. The summed E-state index contributed by atoms with van der Waals surface area (Å²) in [6.45, 7) is 1.89. The van der Waals surface area contributed by atoms with Crippen LogP contribution in [0, 0.1) is 6.92 Å². The molecule has 2 aromatic rings. The third kappa shape index (κ3) is 3.01. The molecule has 22 heavy (non-hydrogen) atoms. The molecule has 0 saturated carbocycles. The van der Waals surface area contributed by atoms with Crippen LogP contribution >= 0.6 is 0 Å². The molecule has 0 saturated heterocycles. The third-order valence-corrected chi connectivity index (χ3v) is 4.70. The molecule has 1 aromatic carbocycles. The number of aryl methyl sites for hydroxylation is 2. The van der Waals surface area contributed by atoms with Crippen molar-refractivity contribution in [1.82, 2.24) is 4.98 Å². The summed E-state index contributed by atoms with van der Waals surface area (Å²) >= 11 is 0. The van der Waals surface area contributed by atoms with Gasteiger partial charge in [0.2, 0.25) is 0 Å². The van der Waals surface area contributed by atoms with Gasteiger partial charge in [0, 0.05) is 17.5 Å². The summed E-state index contributed by atoms with van der Waals surface area (Å²) in [5.41, 5.74) is 3.42. The van der Waals surface area contributed by atoms with Crippen LogP contribution < -0.4 is 0 Å². The fraction of sp³-hybridized carbons (Fsp3) is 0.250. The number of oxime groups is 1. The maximum Gasteiger partial charge on any atom is 0.358 e. The smallest absolute Gasteiger partial charge is 0.264 e. The summed E-state index contributed by atoms with van der Waals surface area (Å²) in [6.07, 6.45) is 4.17. The van der Waals surface area contributed by atoms with Crippen LogP contribution in [0.15, 0.2) is 52.6 Å². The highest BCUT2D eigenvalue weighted by molar-refractivity contribution is 7.86. The molecule has 1 aliphatic rings. The van der Waals surface area contributed by atoms with E-state index < -0.39 is 10.1 Å². The molecule has 1 aliphatic carbocycles. The lowest BCUT2D eigenvalue weighted by molar-refractivity contribution is 0.337. The Labute approximate surface area is 129 Å². The molecule has 0 spiro atoms. The molecular weight excluding hydrogens is 300 g/mol. The summed E-state index contributed by atoms with van der Waals surface area (Å²) in [6, 6.07) is 10.2. The van der Waals surface area contributed by atoms with Crippen molar-refractivity contribution < 1.29 is 12.7 Å². The van der Waals surface area contributed by atoms with E-state index in [1.54, 1.807) is 18.3 Å². The molecule has 0 aliphatic heterocycles. The van der Waals surface area contributed by atoms with Gasteiger partial charge >= 0.3 is 10.1 Å². The molecule has 114 valence electrons. The van der Waals surface area contributed by atoms with Crippen LogP contribution in [0.4, 0.5) is 0 Å². The fourth-order valence-corrected chi connectivity index (χ4v) is 3.14. The highest BCUT2D eigenvalue weighted by atomic mass is 32.2. The van der Waals surface area contributed by atoms with Crippen molar-refractivity contribution in [2.75, 3.05) is 0 Å². The van der Waals surface area contributed by atoms with Crippen LogP contribution in [0.3, 0.4) is 0 Å². The number of hydrogen-bond donors (Lipinski definition) is 0. The van der Waals surface area contributed by atoms with Crippen LogP contribution in [0.1, 0.15) is 29.7 Å². The highest BCUT2D eigenvalue weighted by Crippen LogP contribution is 2.21. The molecule has 0 amide bonds. The lowest BCUT2D eigenvalue weighted by Crippen LogP contribution is -2.14. The van der Waals surface area contributed by atoms with Gasteiger partial charge in [0.25, 0.3) is 0 Å². The molecular formula is C16H16N2O3S. The zero-order valence-corrected chi connectivity index (χ0v) is 13.0. The zero-order chi connectivity index (χ0) is 15.6. The number of aromatic nitrogens is 1. The van der Waals surface area contributed by atoms with Crippen molar-refractivity contribution >= 4 is 15.8 Å². The van der Waals surface area contributed by atoms with E-state index in [2.05, 4.69) is 10.1 Å². The second-order valence-electron chi connectivity index (χ2n) is 5.23. The van der Waals surface area contributed by atoms with Gasteiger partial charge in [-0.3, -0.25) is 9.27 Å². The Morgan fingerprint density at radius 3 is 2.68 bits per heavy atom. The van der Waals surface area contributed by atoms with Gasteiger partial charge in [-0.1, -0.05) is 22.9 Å². The van der Waals surface area contributed by atoms with Crippen LogP contribution in [-0.2, 0) is 20.8 Å². The maximum atomic E-state index is 12.2. The van der Waals surface area contributed by atoms with Crippen molar-refractivity contribution in [3.8, 4) is 0 Å². The van der Waals surface area contributed by atoms with Crippen molar-refractivity contribution in [1.29, 1.82) is 0 Å². The first-order valence-corrected chi connectivity index (χ1v) is 8.48. The van der Waals surface area contributed by atoms with Crippen molar-refractivity contribution in [2.45, 2.75) is 31.1 Å². The summed E-state index contributed by atoms with van der Waals surface area (Å²) in [4.78, 5) is 4.40. The quantitative estimate of drug-likeness (QED) is 0.817. The SMILES string of the molecule is Cc1ccc(S(=O)(=O)ON=C2CCCc3ncccc32)cc1. The molecule has 0 radical (unpaired) electrons. The molecule has 6 heteroatoms. The Hall–Kier alpha value is -2.21. The van der Waals surface area contributed by atoms with Gasteiger partial charge in [-0.05, 0) is 50.5 Å². The van der Waals surface area contributed by atoms with E-state index in [0.717, 1.165) is 29.7 Å². The van der Waals surface area contributed by atoms with E-state index in [-0.39, 0.29) is 4.90 Å². The van der Waals surface area contributed by atoms with Gasteiger partial charge < -0.3 is 0 Å². The second-order valence-corrected chi connectivity index (χ2v) is 6.76. The number of benzene rings is 1. The van der Waals surface area contributed by atoms with E-state index in [1.165, 1.54) is 12.1 Å². The first-order valence-electron chi connectivity index (χ1n) is 7.08. The Morgan fingerprint density at radius 1 is 1.14 bits per heavy atom. The summed E-state index contributed by atoms with van der Waals surface area (Å²) in [5.74, 6) is 0. The number of nitrogens with zero attached hydrogens (tertiary/aromatic N) is 2. The highest BCUT2D eigenvalue weighted by Gasteiger charge is 2.20. The lowest BCUT2D eigenvalue weighted by Gasteiger charge is -2.15. The molecule has 0 fully saturated rings. The van der Waals surface area contributed by atoms with Gasteiger partial charge in [0.05, 0.1) is 5.71 Å². The van der Waals surface area contributed by atoms with E-state index in [0.29, 0.717) is 12.1 Å². The Balaban J connectivity index is 1.87. The molecule has 0 unspecified atom stereocenters. The van der Waals surface area contributed by atoms with E-state index >= 15 is 0 Å². The zero-order valence-electron chi connectivity index (χ0n) is 12.2. The van der Waals surface area contributed by atoms with E-state index in [4.69, 9.17) is 4.28 Å². The van der Waals surface area contributed by atoms with Gasteiger partial charge in [0.1, 0.15) is 4.90 Å². The van der Waals surface area contributed by atoms with Crippen molar-refractivity contribution in [2.24, 2.45) is 5.16 Å². The first kappa shape index (κ1) is 14.7. The maximum absolute atomic E-state index is 12.2. The van der Waals surface area contributed by atoms with Crippen molar-refractivity contribution in [3.63, 3.8) is 0 Å². The molecule has 1 aromatic heterocycles.